The van der Waals surface area contributed by atoms with Gasteiger partial charge in [0.25, 0.3) is 0 Å². The third kappa shape index (κ3) is 4.42. The van der Waals surface area contributed by atoms with E-state index in [2.05, 4.69) is 15.5 Å². The Morgan fingerprint density at radius 1 is 1.27 bits per heavy atom. The lowest BCUT2D eigenvalue weighted by Gasteiger charge is -2.17. The number of anilines is 2. The number of hydrogen-bond acceptors (Lipinski definition) is 6. The van der Waals surface area contributed by atoms with Gasteiger partial charge in [0.15, 0.2) is 4.34 Å². The number of thioether (sulfide) groups is 1. The van der Waals surface area contributed by atoms with Crippen molar-refractivity contribution in [1.82, 2.24) is 10.2 Å². The molecular weight excluding hydrogens is 368 g/mol. The number of nitrogens with one attached hydrogen (secondary N) is 1. The molecule has 2 amide bonds. The minimum absolute atomic E-state index is 0.0761. The van der Waals surface area contributed by atoms with Gasteiger partial charge in [-0.1, -0.05) is 48.2 Å². The van der Waals surface area contributed by atoms with Crippen LogP contribution in [-0.4, -0.2) is 33.8 Å². The average molecular weight is 391 g/mol. The Morgan fingerprint density at radius 2 is 1.96 bits per heavy atom. The van der Waals surface area contributed by atoms with Crippen molar-refractivity contribution >= 4 is 45.7 Å². The number of benzene rings is 1. The minimum atomic E-state index is -0.0761. The molecule has 1 aromatic heterocycles. The second kappa shape index (κ2) is 8.18. The van der Waals surface area contributed by atoms with Gasteiger partial charge in [-0.25, -0.2) is 0 Å². The van der Waals surface area contributed by atoms with Crippen LogP contribution in [0, 0.1) is 13.8 Å². The number of nitrogens with zero attached hydrogens (tertiary/aromatic N) is 3. The van der Waals surface area contributed by atoms with Crippen molar-refractivity contribution in [2.75, 3.05) is 16.0 Å². The van der Waals surface area contributed by atoms with Gasteiger partial charge >= 0.3 is 0 Å². The average Bonchev–Trinajstić information content (AvgIpc) is 3.34. The molecule has 0 saturated heterocycles. The zero-order valence-electron chi connectivity index (χ0n) is 15.1. The molecule has 1 aromatic carbocycles. The number of aryl methyl sites for hydroxylation is 2. The van der Waals surface area contributed by atoms with Crippen LogP contribution in [0.4, 0.5) is 10.8 Å². The molecule has 0 aliphatic heterocycles. The van der Waals surface area contributed by atoms with Crippen molar-refractivity contribution in [1.29, 1.82) is 0 Å². The molecule has 2 aromatic rings. The summed E-state index contributed by atoms with van der Waals surface area (Å²) in [4.78, 5) is 26.2. The van der Waals surface area contributed by atoms with Crippen molar-refractivity contribution in [3.05, 3.63) is 29.3 Å². The molecular formula is C18H22N4O2S2. The molecule has 1 aliphatic rings. The number of hydrogen-bond donors (Lipinski definition) is 1. The van der Waals surface area contributed by atoms with E-state index in [1.54, 1.807) is 4.90 Å². The highest BCUT2D eigenvalue weighted by atomic mass is 32.2. The predicted octanol–water partition coefficient (Wildman–Crippen LogP) is 3.79. The number of carbonyl (C=O) groups is 2. The van der Waals surface area contributed by atoms with Gasteiger partial charge in [0.1, 0.15) is 0 Å². The van der Waals surface area contributed by atoms with E-state index >= 15 is 0 Å². The Bertz CT molecular complexity index is 797. The van der Waals surface area contributed by atoms with E-state index in [-0.39, 0.29) is 23.6 Å². The molecule has 8 heteroatoms. The maximum absolute atomic E-state index is 12.3. The lowest BCUT2D eigenvalue weighted by molar-refractivity contribution is -0.118. The van der Waals surface area contributed by atoms with Gasteiger partial charge < -0.3 is 5.32 Å². The Labute approximate surface area is 161 Å². The maximum Gasteiger partial charge on any atom is 0.234 e. The molecule has 0 spiro atoms. The summed E-state index contributed by atoms with van der Waals surface area (Å²) in [5, 5.41) is 11.9. The molecule has 0 radical (unpaired) electrons. The first-order valence-corrected chi connectivity index (χ1v) is 10.4. The zero-order valence-corrected chi connectivity index (χ0v) is 16.7. The van der Waals surface area contributed by atoms with E-state index in [9.17, 15) is 9.59 Å². The number of rotatable bonds is 7. The van der Waals surface area contributed by atoms with Crippen LogP contribution in [0.25, 0.3) is 0 Å². The Morgan fingerprint density at radius 3 is 2.58 bits per heavy atom. The van der Waals surface area contributed by atoms with Crippen molar-refractivity contribution in [3.63, 3.8) is 0 Å². The van der Waals surface area contributed by atoms with Crippen molar-refractivity contribution in [2.24, 2.45) is 0 Å². The first kappa shape index (κ1) is 18.8. The minimum Gasteiger partial charge on any atom is -0.325 e. The highest BCUT2D eigenvalue weighted by Gasteiger charge is 2.35. The van der Waals surface area contributed by atoms with Gasteiger partial charge in [-0.3, -0.25) is 14.5 Å². The second-order valence-corrected chi connectivity index (χ2v) is 8.48. The van der Waals surface area contributed by atoms with Crippen LogP contribution in [0.5, 0.6) is 0 Å². The number of aromatic nitrogens is 2. The SMILES string of the molecule is CCC(=O)N(c1nnc(SCC(=O)Nc2c(C)cccc2C)s1)C1CC1. The smallest absolute Gasteiger partial charge is 0.234 e. The van der Waals surface area contributed by atoms with Crippen LogP contribution in [-0.2, 0) is 9.59 Å². The zero-order chi connectivity index (χ0) is 18.7. The van der Waals surface area contributed by atoms with Crippen LogP contribution in [0.2, 0.25) is 0 Å². The summed E-state index contributed by atoms with van der Waals surface area (Å²) in [6.07, 6.45) is 2.49. The first-order chi connectivity index (χ1) is 12.5. The first-order valence-electron chi connectivity index (χ1n) is 8.64. The largest absolute Gasteiger partial charge is 0.325 e. The third-order valence-corrected chi connectivity index (χ3v) is 6.21. The van der Waals surface area contributed by atoms with Gasteiger partial charge in [0.2, 0.25) is 16.9 Å². The highest BCUT2D eigenvalue weighted by Crippen LogP contribution is 2.36. The predicted molar refractivity (Wildman–Crippen MR) is 106 cm³/mol. The number of amides is 2. The molecule has 138 valence electrons. The Balaban J connectivity index is 1.59. The van der Waals surface area contributed by atoms with Crippen LogP contribution in [0.15, 0.2) is 22.5 Å². The molecule has 1 aliphatic carbocycles. The van der Waals surface area contributed by atoms with Gasteiger partial charge in [0, 0.05) is 18.2 Å². The maximum atomic E-state index is 12.3. The standard InChI is InChI=1S/C18H22N4O2S2/c1-4-15(24)22(13-8-9-13)17-20-21-18(26-17)25-10-14(23)19-16-11(2)6-5-7-12(16)3/h5-7,13H,4,8-10H2,1-3H3,(H,19,23). The van der Waals surface area contributed by atoms with Crippen LogP contribution in [0.1, 0.15) is 37.3 Å². The molecule has 0 unspecified atom stereocenters. The van der Waals surface area contributed by atoms with E-state index in [0.29, 0.717) is 15.9 Å². The Kier molecular flexibility index (Phi) is 5.93. The summed E-state index contributed by atoms with van der Waals surface area (Å²) >= 11 is 2.72. The normalized spacial score (nSPS) is 13.5. The molecule has 1 fully saturated rings. The molecule has 1 heterocycles. The molecule has 1 N–H and O–H groups in total. The van der Waals surface area contributed by atoms with E-state index in [4.69, 9.17) is 0 Å². The Hall–Kier alpha value is -1.93. The van der Waals surface area contributed by atoms with Crippen LogP contribution >= 0.6 is 23.1 Å². The topological polar surface area (TPSA) is 75.2 Å². The third-order valence-electron chi connectivity index (χ3n) is 4.16. The monoisotopic (exact) mass is 390 g/mol. The van der Waals surface area contributed by atoms with Gasteiger partial charge in [-0.15, -0.1) is 10.2 Å². The van der Waals surface area contributed by atoms with Crippen molar-refractivity contribution in [3.8, 4) is 0 Å². The molecule has 6 nitrogen and oxygen atoms in total. The van der Waals surface area contributed by atoms with Gasteiger partial charge in [0.05, 0.1) is 5.75 Å². The fraction of sp³-hybridized carbons (Fsp3) is 0.444. The molecule has 3 rings (SSSR count). The van der Waals surface area contributed by atoms with Crippen molar-refractivity contribution < 1.29 is 9.59 Å². The summed E-state index contributed by atoms with van der Waals surface area (Å²) in [5.41, 5.74) is 2.95. The van der Waals surface area contributed by atoms with Gasteiger partial charge in [-0.05, 0) is 37.8 Å². The molecule has 0 bridgehead atoms. The fourth-order valence-electron chi connectivity index (χ4n) is 2.64. The van der Waals surface area contributed by atoms with E-state index < -0.39 is 0 Å². The fourth-order valence-corrected chi connectivity index (χ4v) is 4.37. The lowest BCUT2D eigenvalue weighted by Crippen LogP contribution is -2.32. The van der Waals surface area contributed by atoms with E-state index in [0.717, 1.165) is 29.7 Å². The van der Waals surface area contributed by atoms with Crippen molar-refractivity contribution in [2.45, 2.75) is 50.4 Å². The molecule has 26 heavy (non-hydrogen) atoms. The summed E-state index contributed by atoms with van der Waals surface area (Å²) in [6.45, 7) is 5.81. The number of carbonyl (C=O) groups excluding carboxylic acids is 2. The summed E-state index contributed by atoms with van der Waals surface area (Å²) in [6, 6.07) is 6.19. The summed E-state index contributed by atoms with van der Waals surface area (Å²) in [7, 11) is 0. The summed E-state index contributed by atoms with van der Waals surface area (Å²) in [5.74, 6) is 0.258. The molecule has 0 atom stereocenters. The van der Waals surface area contributed by atoms with Gasteiger partial charge in [-0.2, -0.15) is 0 Å². The molecule has 1 saturated carbocycles. The second-order valence-electron chi connectivity index (χ2n) is 6.30. The number of para-hydroxylation sites is 1. The lowest BCUT2D eigenvalue weighted by atomic mass is 10.1. The summed E-state index contributed by atoms with van der Waals surface area (Å²) < 4.78 is 0.700. The van der Waals surface area contributed by atoms with Crippen LogP contribution in [0.3, 0.4) is 0 Å². The van der Waals surface area contributed by atoms with Crippen LogP contribution < -0.4 is 10.2 Å². The quantitative estimate of drug-likeness (QED) is 0.575. The highest BCUT2D eigenvalue weighted by molar-refractivity contribution is 8.01. The van der Waals surface area contributed by atoms with E-state index in [1.165, 1.54) is 23.1 Å². The van der Waals surface area contributed by atoms with E-state index in [1.807, 2.05) is 39.0 Å².